The van der Waals surface area contributed by atoms with Gasteiger partial charge in [-0.05, 0) is 76.6 Å². The Hall–Kier alpha value is -3.74. The first-order valence-electron chi connectivity index (χ1n) is 15.3. The highest BCUT2D eigenvalue weighted by atomic mass is 32.2. The Bertz CT molecular complexity index is 1510. The molecule has 18 heteroatoms. The number of allylic oxidation sites excluding steroid dienone is 2. The summed E-state index contributed by atoms with van der Waals surface area (Å²) < 4.78 is 88.9. The summed E-state index contributed by atoms with van der Waals surface area (Å²) in [5, 5.41) is 4.43. The lowest BCUT2D eigenvalue weighted by molar-refractivity contribution is -0.207. The van der Waals surface area contributed by atoms with E-state index in [1.54, 1.807) is 39.8 Å². The van der Waals surface area contributed by atoms with Crippen LogP contribution in [0.4, 0.5) is 23.7 Å². The number of hydrazine groups is 1. The predicted molar refractivity (Wildman–Crippen MR) is 164 cm³/mol. The number of halogens is 3. The average Bonchev–Trinajstić information content (AvgIpc) is 3.07. The highest BCUT2D eigenvalue weighted by molar-refractivity contribution is 7.87. The zero-order valence-electron chi connectivity index (χ0n) is 27.3. The molecule has 0 aromatic heterocycles. The molecule has 0 spiro atoms. The standard InChI is InChI=1S/C30H41F3N4O10S/c1-6-44-27(38)24-12-10-22(16-36(24)28(39)46-29(2,3)4)34-21-9-11-23-20(14-21)17-43-13-7-8-19-15-25(47-48(40,41)30(31,32)33)35-37(26(19)23)45-18-42-5/h9,11,14-15,22,24,34-35H,6-8,10,12-13,16-18H2,1-5H3/t22-,24+/m1/s1. The van der Waals surface area contributed by atoms with Crippen molar-refractivity contribution in [1.82, 2.24) is 15.5 Å². The van der Waals surface area contributed by atoms with Gasteiger partial charge >= 0.3 is 27.7 Å². The highest BCUT2D eigenvalue weighted by Crippen LogP contribution is 2.36. The fraction of sp³-hybridized carbons (Fsp3) is 0.600. The molecule has 1 aromatic carbocycles. The second-order valence-electron chi connectivity index (χ2n) is 12.2. The van der Waals surface area contributed by atoms with Crippen LogP contribution in [-0.2, 0) is 49.5 Å². The van der Waals surface area contributed by atoms with E-state index < -0.39 is 45.2 Å². The number of fused-ring (bicyclic) bond motifs is 2. The van der Waals surface area contributed by atoms with Crippen molar-refractivity contribution in [1.29, 1.82) is 0 Å². The van der Waals surface area contributed by atoms with Crippen LogP contribution in [0, 0.1) is 0 Å². The van der Waals surface area contributed by atoms with Gasteiger partial charge in [0, 0.05) is 43.6 Å². The molecule has 4 rings (SSSR count). The fourth-order valence-electron chi connectivity index (χ4n) is 5.34. The van der Waals surface area contributed by atoms with E-state index in [1.807, 2.05) is 6.07 Å². The van der Waals surface area contributed by atoms with E-state index in [-0.39, 0.29) is 39.0 Å². The summed E-state index contributed by atoms with van der Waals surface area (Å²) in [4.78, 5) is 32.8. The van der Waals surface area contributed by atoms with Gasteiger partial charge in [0.25, 0.3) is 0 Å². The lowest BCUT2D eigenvalue weighted by Gasteiger charge is -2.39. The molecule has 0 aliphatic carbocycles. The number of carbonyl (C=O) groups is 2. The van der Waals surface area contributed by atoms with E-state index in [2.05, 4.69) is 14.9 Å². The van der Waals surface area contributed by atoms with Gasteiger partial charge in [-0.3, -0.25) is 4.90 Å². The second kappa shape index (κ2) is 15.2. The maximum atomic E-state index is 13.1. The molecule has 3 heterocycles. The summed E-state index contributed by atoms with van der Waals surface area (Å²) in [7, 11) is -4.63. The SMILES string of the molecule is CCOC(=O)[C@@H]1CC[C@@H](Nc2ccc3c(c2)COCCCC2=C3N(OCOC)NC(OS(=O)(=O)C(F)(F)F)=C2)CN1C(=O)OC(C)(C)C. The van der Waals surface area contributed by atoms with Crippen molar-refractivity contribution in [3.63, 3.8) is 0 Å². The first kappa shape index (κ1) is 37.1. The number of alkyl halides is 3. The van der Waals surface area contributed by atoms with Gasteiger partial charge < -0.3 is 28.4 Å². The fourth-order valence-corrected chi connectivity index (χ4v) is 5.76. The molecule has 1 aromatic rings. The van der Waals surface area contributed by atoms with Crippen LogP contribution in [0.3, 0.4) is 0 Å². The average molecular weight is 707 g/mol. The van der Waals surface area contributed by atoms with E-state index in [1.165, 1.54) is 18.1 Å². The van der Waals surface area contributed by atoms with Crippen molar-refractivity contribution in [2.45, 2.75) is 83.2 Å². The smallest absolute Gasteiger partial charge is 0.464 e. The molecule has 3 aliphatic heterocycles. The van der Waals surface area contributed by atoms with Crippen molar-refractivity contribution in [3.8, 4) is 0 Å². The number of piperidine rings is 1. The van der Waals surface area contributed by atoms with E-state index in [0.29, 0.717) is 54.0 Å². The number of carbonyl (C=O) groups excluding carboxylic acids is 2. The Morgan fingerprint density at radius 3 is 2.58 bits per heavy atom. The summed E-state index contributed by atoms with van der Waals surface area (Å²) in [5.74, 6) is -1.21. The topological polar surface area (TPSA) is 154 Å². The van der Waals surface area contributed by atoms with Crippen LogP contribution < -0.4 is 10.7 Å². The van der Waals surface area contributed by atoms with Crippen molar-refractivity contribution in [2.75, 3.05) is 39.0 Å². The van der Waals surface area contributed by atoms with Crippen LogP contribution in [0.2, 0.25) is 0 Å². The number of hydroxylamine groups is 1. The number of esters is 1. The van der Waals surface area contributed by atoms with Gasteiger partial charge in [-0.1, -0.05) is 6.07 Å². The Kier molecular flexibility index (Phi) is 11.8. The number of rotatable bonds is 9. The molecule has 268 valence electrons. The third kappa shape index (κ3) is 9.24. The Labute approximate surface area is 277 Å². The second-order valence-corrected chi connectivity index (χ2v) is 13.7. The Morgan fingerprint density at radius 1 is 1.17 bits per heavy atom. The van der Waals surface area contributed by atoms with Gasteiger partial charge in [0.2, 0.25) is 5.88 Å². The van der Waals surface area contributed by atoms with Gasteiger partial charge in [0.05, 0.1) is 18.9 Å². The normalized spacial score (nSPS) is 20.6. The number of amides is 1. The summed E-state index contributed by atoms with van der Waals surface area (Å²) in [6.07, 6.45) is 2.18. The maximum absolute atomic E-state index is 13.1. The lowest BCUT2D eigenvalue weighted by Crippen LogP contribution is -2.55. The molecular formula is C30H41F3N4O10S. The largest absolute Gasteiger partial charge is 0.534 e. The van der Waals surface area contributed by atoms with Crippen LogP contribution in [0.15, 0.2) is 35.7 Å². The Morgan fingerprint density at radius 2 is 1.92 bits per heavy atom. The number of nitrogens with zero attached hydrogens (tertiary/aromatic N) is 2. The van der Waals surface area contributed by atoms with Gasteiger partial charge in [0.1, 0.15) is 11.6 Å². The molecule has 1 saturated heterocycles. The van der Waals surface area contributed by atoms with E-state index in [0.717, 1.165) is 5.17 Å². The molecule has 2 N–H and O–H groups in total. The number of nitrogens with one attached hydrogen (secondary N) is 2. The molecule has 3 aliphatic rings. The molecular weight excluding hydrogens is 665 g/mol. The highest BCUT2D eigenvalue weighted by Gasteiger charge is 2.49. The zero-order valence-corrected chi connectivity index (χ0v) is 28.2. The van der Waals surface area contributed by atoms with Gasteiger partial charge in [-0.2, -0.15) is 26.8 Å². The van der Waals surface area contributed by atoms with E-state index in [9.17, 15) is 31.2 Å². The van der Waals surface area contributed by atoms with Gasteiger partial charge in [-0.15, -0.1) is 0 Å². The van der Waals surface area contributed by atoms with Crippen molar-refractivity contribution >= 4 is 33.6 Å². The number of likely N-dealkylation sites (tertiary alicyclic amines) is 1. The van der Waals surface area contributed by atoms with Crippen LogP contribution in [0.5, 0.6) is 0 Å². The van der Waals surface area contributed by atoms with Crippen LogP contribution in [-0.4, -0.2) is 87.4 Å². The lowest BCUT2D eigenvalue weighted by atomic mass is 9.96. The molecule has 0 saturated carbocycles. The monoisotopic (exact) mass is 706 g/mol. The minimum absolute atomic E-state index is 0.162. The molecule has 0 bridgehead atoms. The number of hydrogen-bond acceptors (Lipinski definition) is 13. The number of methoxy groups -OCH3 is 1. The molecule has 1 fully saturated rings. The van der Waals surface area contributed by atoms with Gasteiger partial charge in [0.15, 0.2) is 6.79 Å². The summed E-state index contributed by atoms with van der Waals surface area (Å²) in [6, 6.07) is 4.31. The molecule has 2 atom stereocenters. The number of anilines is 1. The predicted octanol–water partition coefficient (Wildman–Crippen LogP) is 4.51. The van der Waals surface area contributed by atoms with Crippen LogP contribution in [0.1, 0.15) is 64.5 Å². The summed E-state index contributed by atoms with van der Waals surface area (Å²) >= 11 is 0. The third-order valence-corrected chi connectivity index (χ3v) is 8.26. The minimum Gasteiger partial charge on any atom is -0.464 e. The first-order valence-corrected chi connectivity index (χ1v) is 16.7. The molecule has 0 radical (unpaired) electrons. The van der Waals surface area contributed by atoms with Crippen LogP contribution >= 0.6 is 0 Å². The zero-order chi connectivity index (χ0) is 35.3. The number of benzene rings is 1. The maximum Gasteiger partial charge on any atom is 0.534 e. The van der Waals surface area contributed by atoms with E-state index in [4.69, 9.17) is 23.8 Å². The summed E-state index contributed by atoms with van der Waals surface area (Å²) in [5.41, 5.74) is -1.23. The third-order valence-electron chi connectivity index (χ3n) is 7.30. The van der Waals surface area contributed by atoms with Crippen molar-refractivity contribution in [3.05, 3.63) is 46.9 Å². The van der Waals surface area contributed by atoms with Crippen LogP contribution in [0.25, 0.3) is 5.70 Å². The summed E-state index contributed by atoms with van der Waals surface area (Å²) in [6.45, 7) is 7.38. The van der Waals surface area contributed by atoms with Gasteiger partial charge in [-0.25, -0.2) is 19.9 Å². The van der Waals surface area contributed by atoms with Crippen molar-refractivity contribution in [2.24, 2.45) is 0 Å². The number of hydrogen-bond donors (Lipinski definition) is 2. The van der Waals surface area contributed by atoms with E-state index >= 15 is 0 Å². The quantitative estimate of drug-likeness (QED) is 0.160. The molecule has 1 amide bonds. The minimum atomic E-state index is -5.97. The molecule has 14 nitrogen and oxygen atoms in total. The molecule has 0 unspecified atom stereocenters. The van der Waals surface area contributed by atoms with Crippen molar-refractivity contribution < 1.29 is 59.1 Å². The first-order chi connectivity index (χ1) is 22.5. The number of ether oxygens (including phenoxy) is 4. The Balaban J connectivity index is 1.65. The molecule has 48 heavy (non-hydrogen) atoms.